The summed E-state index contributed by atoms with van der Waals surface area (Å²) in [5, 5.41) is 4.17. The van der Waals surface area contributed by atoms with Crippen molar-refractivity contribution >= 4 is 23.0 Å². The van der Waals surface area contributed by atoms with Crippen molar-refractivity contribution < 1.29 is 23.2 Å². The number of nitrogens with one attached hydrogen (secondary N) is 1. The molecule has 1 amide bonds. The van der Waals surface area contributed by atoms with Gasteiger partial charge in [-0.15, -0.1) is 0 Å². The quantitative estimate of drug-likeness (QED) is 0.450. The summed E-state index contributed by atoms with van der Waals surface area (Å²) in [6, 6.07) is 16.3. The van der Waals surface area contributed by atoms with Gasteiger partial charge in [-0.2, -0.15) is 4.36 Å². The van der Waals surface area contributed by atoms with Gasteiger partial charge >= 0.3 is 6.09 Å². The van der Waals surface area contributed by atoms with Crippen LogP contribution >= 0.6 is 0 Å². The van der Waals surface area contributed by atoms with Crippen LogP contribution in [0.15, 0.2) is 63.5 Å². The van der Waals surface area contributed by atoms with Crippen LogP contribution in [0.5, 0.6) is 0 Å². The number of nitrogens with zero attached hydrogens (tertiary/aromatic N) is 3. The Morgan fingerprint density at radius 2 is 1.89 bits per heavy atom. The fraction of sp³-hybridized carbons (Fsp3) is 0.385. The van der Waals surface area contributed by atoms with Crippen LogP contribution in [-0.2, 0) is 20.5 Å². The summed E-state index contributed by atoms with van der Waals surface area (Å²) in [4.78, 5) is 12.4. The largest absolute Gasteiger partial charge is 0.443 e. The standard InChI is InChI=1S/C26H31FN4O4S/c1-18(20-10-11-21(22(27)16-20)19-8-6-5-7-9-19)23-17-24(35-28-23)29-36(31-12-14-33-15-13-31)30-25(32)34-26(2,3)4/h5-11,16-18H,12-15H2,1-4H3,(H,29,30,32). The Morgan fingerprint density at radius 1 is 1.17 bits per heavy atom. The van der Waals surface area contributed by atoms with Crippen LogP contribution in [0.3, 0.4) is 0 Å². The summed E-state index contributed by atoms with van der Waals surface area (Å²) in [6.07, 6.45) is -0.567. The number of hydrogen-bond acceptors (Lipinski definition) is 6. The Balaban J connectivity index is 1.54. The van der Waals surface area contributed by atoms with E-state index in [0.717, 1.165) is 11.1 Å². The lowest BCUT2D eigenvalue weighted by Crippen LogP contribution is -2.45. The zero-order chi connectivity index (χ0) is 25.7. The fourth-order valence-electron chi connectivity index (χ4n) is 3.67. The average molecular weight is 515 g/mol. The van der Waals surface area contributed by atoms with Gasteiger partial charge < -0.3 is 14.0 Å². The molecule has 36 heavy (non-hydrogen) atoms. The molecular weight excluding hydrogens is 483 g/mol. The second kappa shape index (κ2) is 11.3. The number of hydrogen-bond donors (Lipinski definition) is 1. The average Bonchev–Trinajstić information content (AvgIpc) is 3.31. The van der Waals surface area contributed by atoms with Gasteiger partial charge in [-0.1, -0.05) is 54.5 Å². The smallest absolute Gasteiger partial charge is 0.419 e. The molecule has 1 aliphatic rings. The Bertz CT molecular complexity index is 1220. The summed E-state index contributed by atoms with van der Waals surface area (Å²) >= 11 is -1.04. The highest BCUT2D eigenvalue weighted by atomic mass is 32.2. The van der Waals surface area contributed by atoms with Crippen LogP contribution in [0.2, 0.25) is 0 Å². The number of halogens is 1. The van der Waals surface area contributed by atoms with Crippen LogP contribution < -0.4 is 4.72 Å². The Morgan fingerprint density at radius 3 is 2.56 bits per heavy atom. The van der Waals surface area contributed by atoms with Gasteiger partial charge in [-0.25, -0.2) is 18.2 Å². The minimum Gasteiger partial charge on any atom is -0.443 e. The Hall–Kier alpha value is -3.08. The van der Waals surface area contributed by atoms with E-state index in [1.807, 2.05) is 47.6 Å². The normalized spacial score (nSPS) is 16.5. The maximum absolute atomic E-state index is 14.9. The predicted molar refractivity (Wildman–Crippen MR) is 137 cm³/mol. The van der Waals surface area contributed by atoms with Gasteiger partial charge in [0.05, 0.1) is 30.0 Å². The van der Waals surface area contributed by atoms with Gasteiger partial charge in [0.25, 0.3) is 5.88 Å². The van der Waals surface area contributed by atoms with Crippen LogP contribution in [0.25, 0.3) is 11.1 Å². The molecule has 1 aromatic heterocycles. The van der Waals surface area contributed by atoms with Crippen molar-refractivity contribution in [3.05, 3.63) is 71.7 Å². The Kier molecular flexibility index (Phi) is 8.17. The van der Waals surface area contributed by atoms with Crippen molar-refractivity contribution in [3.8, 4) is 11.1 Å². The number of aromatic nitrogens is 1. The molecule has 4 rings (SSSR count). The number of rotatable bonds is 6. The molecule has 1 aliphatic heterocycles. The summed E-state index contributed by atoms with van der Waals surface area (Å²) < 4.78 is 40.6. The van der Waals surface area contributed by atoms with Crippen molar-refractivity contribution in [2.75, 3.05) is 26.3 Å². The lowest BCUT2D eigenvalue weighted by molar-refractivity contribution is 0.0559. The Labute approximate surface area is 213 Å². The molecule has 3 aromatic rings. The number of benzene rings is 2. The zero-order valence-corrected chi connectivity index (χ0v) is 21.7. The van der Waals surface area contributed by atoms with Gasteiger partial charge in [-0.05, 0) is 38.0 Å². The van der Waals surface area contributed by atoms with E-state index in [2.05, 4.69) is 14.2 Å². The molecule has 10 heteroatoms. The van der Waals surface area contributed by atoms with Crippen LogP contribution in [0, 0.1) is 5.82 Å². The zero-order valence-electron chi connectivity index (χ0n) is 20.9. The van der Waals surface area contributed by atoms with Gasteiger partial charge in [-0.3, -0.25) is 0 Å². The second-order valence-electron chi connectivity index (χ2n) is 9.42. The van der Waals surface area contributed by atoms with E-state index in [4.69, 9.17) is 14.0 Å². The van der Waals surface area contributed by atoms with Gasteiger partial charge in [0.1, 0.15) is 11.4 Å². The van der Waals surface area contributed by atoms with E-state index in [0.29, 0.717) is 37.6 Å². The van der Waals surface area contributed by atoms with E-state index in [9.17, 15) is 9.18 Å². The number of amides is 1. The third-order valence-electron chi connectivity index (χ3n) is 5.50. The van der Waals surface area contributed by atoms with Gasteiger partial charge in [0.15, 0.2) is 0 Å². The van der Waals surface area contributed by atoms with Crippen molar-refractivity contribution in [3.63, 3.8) is 0 Å². The van der Waals surface area contributed by atoms with Crippen LogP contribution in [0.4, 0.5) is 15.1 Å². The van der Waals surface area contributed by atoms with Crippen LogP contribution in [0.1, 0.15) is 44.9 Å². The molecule has 0 spiro atoms. The first-order chi connectivity index (χ1) is 17.2. The number of morpholine rings is 1. The summed E-state index contributed by atoms with van der Waals surface area (Å²) in [5.74, 6) is -0.250. The summed E-state index contributed by atoms with van der Waals surface area (Å²) in [5.41, 5.74) is 2.12. The molecule has 2 aromatic carbocycles. The highest BCUT2D eigenvalue weighted by Gasteiger charge is 2.23. The number of carbonyl (C=O) groups excluding carboxylic acids is 1. The van der Waals surface area contributed by atoms with Gasteiger partial charge in [0, 0.05) is 30.6 Å². The third kappa shape index (κ3) is 6.77. The highest BCUT2D eigenvalue weighted by Crippen LogP contribution is 2.30. The van der Waals surface area contributed by atoms with Crippen molar-refractivity contribution in [1.82, 2.24) is 14.2 Å². The predicted octanol–water partition coefficient (Wildman–Crippen LogP) is 5.75. The first kappa shape index (κ1) is 26.0. The molecule has 2 atom stereocenters. The minimum absolute atomic E-state index is 0.221. The number of ether oxygens (including phenoxy) is 2. The molecule has 192 valence electrons. The molecule has 1 fully saturated rings. The molecule has 2 heterocycles. The lowest BCUT2D eigenvalue weighted by Gasteiger charge is -2.28. The first-order valence-corrected chi connectivity index (χ1v) is 12.9. The fourth-order valence-corrected chi connectivity index (χ4v) is 4.90. The number of carbonyl (C=O) groups is 1. The van der Waals surface area contributed by atoms with E-state index in [1.165, 1.54) is 6.07 Å². The van der Waals surface area contributed by atoms with E-state index in [-0.39, 0.29) is 17.6 Å². The molecule has 0 saturated carbocycles. The van der Waals surface area contributed by atoms with Crippen molar-refractivity contribution in [2.24, 2.45) is 4.36 Å². The second-order valence-corrected chi connectivity index (χ2v) is 10.8. The van der Waals surface area contributed by atoms with Gasteiger partial charge in [0.2, 0.25) is 0 Å². The van der Waals surface area contributed by atoms with Crippen LogP contribution in [-0.4, -0.2) is 47.5 Å². The maximum Gasteiger partial charge on any atom is 0.419 e. The minimum atomic E-state index is -1.04. The van der Waals surface area contributed by atoms with Crippen molar-refractivity contribution in [2.45, 2.75) is 39.2 Å². The summed E-state index contributed by atoms with van der Waals surface area (Å²) in [6.45, 7) is 9.62. The third-order valence-corrected chi connectivity index (χ3v) is 7.06. The topological polar surface area (TPSA) is 89.2 Å². The SMILES string of the molecule is CC(c1ccc(-c2ccccc2)c(F)c1)c1cc(N=S(NC(=O)OC(C)(C)C)N2CCOCC2)on1. The monoisotopic (exact) mass is 514 g/mol. The molecule has 0 bridgehead atoms. The first-order valence-electron chi connectivity index (χ1n) is 11.8. The maximum atomic E-state index is 14.9. The molecule has 0 radical (unpaired) electrons. The van der Waals surface area contributed by atoms with E-state index >= 15 is 0 Å². The molecular formula is C26H31FN4O4S. The molecule has 2 unspecified atom stereocenters. The lowest BCUT2D eigenvalue weighted by atomic mass is 9.95. The molecule has 0 aliphatic carbocycles. The molecule has 1 N–H and O–H groups in total. The van der Waals surface area contributed by atoms with E-state index in [1.54, 1.807) is 32.9 Å². The molecule has 8 nitrogen and oxygen atoms in total. The highest BCUT2D eigenvalue weighted by molar-refractivity contribution is 7.83. The van der Waals surface area contributed by atoms with Crippen molar-refractivity contribution in [1.29, 1.82) is 0 Å². The summed E-state index contributed by atoms with van der Waals surface area (Å²) in [7, 11) is 0. The van der Waals surface area contributed by atoms with E-state index < -0.39 is 22.8 Å². The molecule has 1 saturated heterocycles.